The number of carbonyl (C=O) groups is 2. The summed E-state index contributed by atoms with van der Waals surface area (Å²) in [6.07, 6.45) is 1.46. The monoisotopic (exact) mass is 393 g/mol. The minimum Gasteiger partial charge on any atom is -0.347 e. The van der Waals surface area contributed by atoms with Crippen LogP contribution in [0.3, 0.4) is 0 Å². The van der Waals surface area contributed by atoms with E-state index in [0.717, 1.165) is 11.1 Å². The second kappa shape index (κ2) is 9.15. The molecule has 0 saturated heterocycles. The molecule has 0 spiro atoms. The van der Waals surface area contributed by atoms with Crippen LogP contribution in [0.25, 0.3) is 0 Å². The van der Waals surface area contributed by atoms with Gasteiger partial charge in [-0.15, -0.1) is 0 Å². The number of carbonyl (C=O) groups excluding carboxylic acids is 2. The highest BCUT2D eigenvalue weighted by Crippen LogP contribution is 2.13. The van der Waals surface area contributed by atoms with Crippen molar-refractivity contribution < 1.29 is 9.59 Å². The number of hydrogen-bond donors (Lipinski definition) is 2. The third kappa shape index (κ3) is 5.18. The number of nitrogens with zero attached hydrogens (tertiary/aromatic N) is 1. The Bertz CT molecular complexity index is 959. The van der Waals surface area contributed by atoms with Crippen molar-refractivity contribution in [3.63, 3.8) is 0 Å². The number of benzene rings is 2. The summed E-state index contributed by atoms with van der Waals surface area (Å²) >= 11 is 5.86. The second-order valence-electron chi connectivity index (χ2n) is 6.34. The van der Waals surface area contributed by atoms with Crippen LogP contribution in [0.5, 0.6) is 0 Å². The molecule has 1 heterocycles. The quantitative estimate of drug-likeness (QED) is 0.660. The van der Waals surface area contributed by atoms with E-state index in [4.69, 9.17) is 11.6 Å². The van der Waals surface area contributed by atoms with E-state index in [1.54, 1.807) is 18.2 Å². The topological polar surface area (TPSA) is 71.1 Å². The van der Waals surface area contributed by atoms with Gasteiger partial charge < -0.3 is 10.6 Å². The molecule has 0 bridgehead atoms. The van der Waals surface area contributed by atoms with Crippen LogP contribution in [-0.2, 0) is 6.54 Å². The van der Waals surface area contributed by atoms with Gasteiger partial charge in [-0.25, -0.2) is 0 Å². The molecule has 1 aromatic heterocycles. The highest BCUT2D eigenvalue weighted by atomic mass is 35.5. The zero-order valence-corrected chi connectivity index (χ0v) is 16.1. The highest BCUT2D eigenvalue weighted by molar-refractivity contribution is 6.30. The third-order valence-electron chi connectivity index (χ3n) is 4.27. The van der Waals surface area contributed by atoms with Crippen LogP contribution in [0.4, 0.5) is 0 Å². The summed E-state index contributed by atoms with van der Waals surface area (Å²) in [6.45, 7) is 2.26. The summed E-state index contributed by atoms with van der Waals surface area (Å²) in [4.78, 5) is 29.0. The molecule has 1 unspecified atom stereocenters. The van der Waals surface area contributed by atoms with Crippen molar-refractivity contribution in [2.24, 2.45) is 0 Å². The standard InChI is InChI=1S/C22H20ClN3O2/c1-15(17-5-3-2-4-6-17)26-21(27)18-11-12-24-20(13-18)22(28)25-14-16-7-9-19(23)10-8-16/h2-13,15H,14H2,1H3,(H,25,28)(H,26,27). The molecule has 0 aliphatic carbocycles. The number of halogens is 1. The molecular weight excluding hydrogens is 374 g/mol. The average molecular weight is 394 g/mol. The predicted octanol–water partition coefficient (Wildman–Crippen LogP) is 4.16. The Labute approximate surface area is 168 Å². The van der Waals surface area contributed by atoms with Crippen LogP contribution in [0, 0.1) is 0 Å². The van der Waals surface area contributed by atoms with Crippen LogP contribution >= 0.6 is 11.6 Å². The van der Waals surface area contributed by atoms with E-state index in [-0.39, 0.29) is 23.6 Å². The molecule has 142 valence electrons. The number of nitrogens with one attached hydrogen (secondary N) is 2. The molecule has 28 heavy (non-hydrogen) atoms. The maximum atomic E-state index is 12.5. The van der Waals surface area contributed by atoms with Gasteiger partial charge in [-0.05, 0) is 42.3 Å². The Balaban J connectivity index is 1.63. The zero-order valence-electron chi connectivity index (χ0n) is 15.4. The van der Waals surface area contributed by atoms with E-state index >= 15 is 0 Å². The van der Waals surface area contributed by atoms with E-state index in [9.17, 15) is 9.59 Å². The fourth-order valence-electron chi connectivity index (χ4n) is 2.68. The molecule has 2 aromatic carbocycles. The minimum absolute atomic E-state index is 0.149. The molecule has 0 radical (unpaired) electrons. The Morgan fingerprint density at radius 1 is 1.00 bits per heavy atom. The van der Waals surface area contributed by atoms with Gasteiger partial charge >= 0.3 is 0 Å². The smallest absolute Gasteiger partial charge is 0.270 e. The zero-order chi connectivity index (χ0) is 19.9. The maximum Gasteiger partial charge on any atom is 0.270 e. The van der Waals surface area contributed by atoms with Gasteiger partial charge in [-0.1, -0.05) is 54.1 Å². The normalized spacial score (nSPS) is 11.5. The molecule has 3 rings (SSSR count). The molecule has 5 nitrogen and oxygen atoms in total. The second-order valence-corrected chi connectivity index (χ2v) is 6.78. The Hall–Kier alpha value is -3.18. The van der Waals surface area contributed by atoms with Gasteiger partial charge in [0.2, 0.25) is 0 Å². The van der Waals surface area contributed by atoms with Crippen LogP contribution in [-0.4, -0.2) is 16.8 Å². The van der Waals surface area contributed by atoms with E-state index in [1.807, 2.05) is 49.4 Å². The summed E-state index contributed by atoms with van der Waals surface area (Å²) in [5, 5.41) is 6.36. The third-order valence-corrected chi connectivity index (χ3v) is 4.52. The van der Waals surface area contributed by atoms with Crippen molar-refractivity contribution in [2.75, 3.05) is 0 Å². The van der Waals surface area contributed by atoms with Gasteiger partial charge in [0.05, 0.1) is 6.04 Å². The first-order valence-electron chi connectivity index (χ1n) is 8.87. The molecule has 0 aliphatic heterocycles. The molecular formula is C22H20ClN3O2. The van der Waals surface area contributed by atoms with Gasteiger partial charge in [0.1, 0.15) is 5.69 Å². The molecule has 1 atom stereocenters. The Morgan fingerprint density at radius 3 is 2.43 bits per heavy atom. The lowest BCUT2D eigenvalue weighted by atomic mass is 10.1. The van der Waals surface area contributed by atoms with Gasteiger partial charge in [-0.3, -0.25) is 14.6 Å². The van der Waals surface area contributed by atoms with Gasteiger partial charge in [-0.2, -0.15) is 0 Å². The summed E-state index contributed by atoms with van der Waals surface area (Å²) in [5.74, 6) is -0.605. The number of aromatic nitrogens is 1. The fourth-order valence-corrected chi connectivity index (χ4v) is 2.80. The summed E-state index contributed by atoms with van der Waals surface area (Å²) in [7, 11) is 0. The van der Waals surface area contributed by atoms with E-state index in [2.05, 4.69) is 15.6 Å². The molecule has 2 N–H and O–H groups in total. The largest absolute Gasteiger partial charge is 0.347 e. The van der Waals surface area contributed by atoms with E-state index < -0.39 is 0 Å². The maximum absolute atomic E-state index is 12.5. The Morgan fingerprint density at radius 2 is 1.71 bits per heavy atom. The lowest BCUT2D eigenvalue weighted by Crippen LogP contribution is -2.28. The fraction of sp³-hybridized carbons (Fsp3) is 0.136. The van der Waals surface area contributed by atoms with Crippen LogP contribution in [0.15, 0.2) is 72.9 Å². The summed E-state index contributed by atoms with van der Waals surface area (Å²) < 4.78 is 0. The van der Waals surface area contributed by atoms with Gasteiger partial charge in [0.25, 0.3) is 11.8 Å². The first kappa shape index (κ1) is 19.6. The molecule has 3 aromatic rings. The lowest BCUT2D eigenvalue weighted by molar-refractivity contribution is 0.0939. The molecule has 2 amide bonds. The number of hydrogen-bond acceptors (Lipinski definition) is 3. The predicted molar refractivity (Wildman–Crippen MR) is 109 cm³/mol. The van der Waals surface area contributed by atoms with E-state index in [1.165, 1.54) is 12.3 Å². The molecule has 0 aliphatic rings. The van der Waals surface area contributed by atoms with Crippen molar-refractivity contribution in [2.45, 2.75) is 19.5 Å². The first-order chi connectivity index (χ1) is 13.5. The average Bonchev–Trinajstić information content (AvgIpc) is 2.73. The van der Waals surface area contributed by atoms with Crippen LogP contribution < -0.4 is 10.6 Å². The van der Waals surface area contributed by atoms with Crippen molar-refractivity contribution >= 4 is 23.4 Å². The number of pyridine rings is 1. The molecule has 6 heteroatoms. The Kier molecular flexibility index (Phi) is 6.40. The van der Waals surface area contributed by atoms with Gasteiger partial charge in [0.15, 0.2) is 0 Å². The van der Waals surface area contributed by atoms with Crippen molar-refractivity contribution in [3.05, 3.63) is 100 Å². The number of amides is 2. The highest BCUT2D eigenvalue weighted by Gasteiger charge is 2.14. The van der Waals surface area contributed by atoms with Crippen molar-refractivity contribution in [1.29, 1.82) is 0 Å². The van der Waals surface area contributed by atoms with E-state index in [0.29, 0.717) is 17.1 Å². The van der Waals surface area contributed by atoms with Crippen molar-refractivity contribution in [3.8, 4) is 0 Å². The summed E-state index contributed by atoms with van der Waals surface area (Å²) in [6, 6.07) is 19.8. The molecule has 0 saturated carbocycles. The lowest BCUT2D eigenvalue weighted by Gasteiger charge is -2.14. The first-order valence-corrected chi connectivity index (χ1v) is 9.25. The number of rotatable bonds is 6. The van der Waals surface area contributed by atoms with Crippen LogP contribution in [0.1, 0.15) is 44.9 Å². The molecule has 0 fully saturated rings. The van der Waals surface area contributed by atoms with Crippen LogP contribution in [0.2, 0.25) is 5.02 Å². The minimum atomic E-state index is -0.347. The SMILES string of the molecule is CC(NC(=O)c1ccnc(C(=O)NCc2ccc(Cl)cc2)c1)c1ccccc1. The summed E-state index contributed by atoms with van der Waals surface area (Å²) in [5.41, 5.74) is 2.50. The van der Waals surface area contributed by atoms with Gasteiger partial charge in [0, 0.05) is 23.3 Å². The van der Waals surface area contributed by atoms with Crippen molar-refractivity contribution in [1.82, 2.24) is 15.6 Å².